The summed E-state index contributed by atoms with van der Waals surface area (Å²) < 4.78 is 10.5. The number of aromatic nitrogens is 2. The number of amides is 1. The molecule has 0 aliphatic carbocycles. The van der Waals surface area contributed by atoms with Crippen molar-refractivity contribution in [2.75, 3.05) is 25.3 Å². The van der Waals surface area contributed by atoms with Gasteiger partial charge in [0.2, 0.25) is 5.91 Å². The van der Waals surface area contributed by atoms with Crippen LogP contribution in [0.15, 0.2) is 59.9 Å². The molecule has 1 N–H and O–H groups in total. The van der Waals surface area contributed by atoms with Gasteiger partial charge in [0.25, 0.3) is 0 Å². The molecule has 4 aromatic rings. The number of nitrogens with zero attached hydrogens (tertiary/aromatic N) is 2. The highest BCUT2D eigenvalue weighted by atomic mass is 32.2. The van der Waals surface area contributed by atoms with Gasteiger partial charge >= 0.3 is 0 Å². The molecule has 2 heterocycles. The topological polar surface area (TPSA) is 73.3 Å². The van der Waals surface area contributed by atoms with Crippen molar-refractivity contribution in [1.29, 1.82) is 0 Å². The van der Waals surface area contributed by atoms with Crippen LogP contribution in [0.3, 0.4) is 0 Å². The maximum Gasteiger partial charge on any atom is 0.234 e. The Morgan fingerprint density at radius 1 is 1.06 bits per heavy atom. The molecular formula is C23H21N3O3S2. The maximum atomic E-state index is 12.6. The first-order valence-corrected chi connectivity index (χ1v) is 11.3. The molecule has 2 aromatic heterocycles. The molecule has 158 valence electrons. The number of thioether (sulfide) groups is 1. The number of fused-ring (bicyclic) bond motifs is 1. The third-order valence-corrected chi connectivity index (χ3v) is 6.70. The molecule has 31 heavy (non-hydrogen) atoms. The number of carbonyl (C=O) groups excluding carboxylic acids is 1. The largest absolute Gasteiger partial charge is 0.493 e. The van der Waals surface area contributed by atoms with Gasteiger partial charge in [-0.05, 0) is 24.6 Å². The molecule has 4 rings (SSSR count). The Bertz CT molecular complexity index is 1230. The van der Waals surface area contributed by atoms with Crippen molar-refractivity contribution >= 4 is 44.9 Å². The van der Waals surface area contributed by atoms with Crippen LogP contribution < -0.4 is 14.8 Å². The highest BCUT2D eigenvalue weighted by molar-refractivity contribution is 8.00. The van der Waals surface area contributed by atoms with Crippen LogP contribution >= 0.6 is 23.1 Å². The van der Waals surface area contributed by atoms with Crippen LogP contribution in [0, 0.1) is 6.92 Å². The predicted octanol–water partition coefficient (Wildman–Crippen LogP) is 5.41. The predicted molar refractivity (Wildman–Crippen MR) is 126 cm³/mol. The summed E-state index contributed by atoms with van der Waals surface area (Å²) in [4.78, 5) is 23.6. The number of aryl methyl sites for hydroxylation is 1. The van der Waals surface area contributed by atoms with E-state index in [1.165, 1.54) is 16.6 Å². The normalized spacial score (nSPS) is 10.8. The molecule has 6 nitrogen and oxygen atoms in total. The summed E-state index contributed by atoms with van der Waals surface area (Å²) in [6, 6.07) is 15.5. The monoisotopic (exact) mass is 451 g/mol. The van der Waals surface area contributed by atoms with Crippen LogP contribution in [-0.4, -0.2) is 35.8 Å². The summed E-state index contributed by atoms with van der Waals surface area (Å²) in [6.07, 6.45) is 1.56. The van der Waals surface area contributed by atoms with E-state index in [0.29, 0.717) is 17.2 Å². The smallest absolute Gasteiger partial charge is 0.234 e. The molecule has 0 saturated carbocycles. The summed E-state index contributed by atoms with van der Waals surface area (Å²) in [6.45, 7) is 2.09. The average Bonchev–Trinajstić information content (AvgIpc) is 3.14. The molecule has 0 atom stereocenters. The average molecular weight is 452 g/mol. The third kappa shape index (κ3) is 4.50. The van der Waals surface area contributed by atoms with Crippen molar-refractivity contribution in [2.45, 2.75) is 11.9 Å². The summed E-state index contributed by atoms with van der Waals surface area (Å²) in [7, 11) is 3.14. The van der Waals surface area contributed by atoms with Crippen LogP contribution in [0.4, 0.5) is 5.69 Å². The van der Waals surface area contributed by atoms with Gasteiger partial charge in [0.1, 0.15) is 16.2 Å². The molecule has 0 spiro atoms. The number of anilines is 1. The van der Waals surface area contributed by atoms with E-state index in [-0.39, 0.29) is 11.7 Å². The molecule has 1 amide bonds. The van der Waals surface area contributed by atoms with Gasteiger partial charge in [-0.25, -0.2) is 9.97 Å². The van der Waals surface area contributed by atoms with Gasteiger partial charge in [-0.1, -0.05) is 42.1 Å². The number of nitrogens with one attached hydrogen (secondary N) is 1. The van der Waals surface area contributed by atoms with Crippen molar-refractivity contribution in [2.24, 2.45) is 0 Å². The Labute approximate surface area is 188 Å². The number of carbonyl (C=O) groups is 1. The zero-order valence-corrected chi connectivity index (χ0v) is 19.0. The first-order valence-electron chi connectivity index (χ1n) is 9.55. The highest BCUT2D eigenvalue weighted by Gasteiger charge is 2.18. The van der Waals surface area contributed by atoms with E-state index in [1.54, 1.807) is 50.1 Å². The zero-order chi connectivity index (χ0) is 21.8. The quantitative estimate of drug-likeness (QED) is 0.299. The van der Waals surface area contributed by atoms with E-state index in [9.17, 15) is 4.79 Å². The fourth-order valence-corrected chi connectivity index (χ4v) is 5.21. The molecule has 2 aromatic carbocycles. The number of benzene rings is 2. The van der Waals surface area contributed by atoms with Crippen LogP contribution in [0.25, 0.3) is 21.3 Å². The number of hydrogen-bond acceptors (Lipinski definition) is 7. The van der Waals surface area contributed by atoms with Crippen LogP contribution in [0.1, 0.15) is 4.88 Å². The third-order valence-electron chi connectivity index (χ3n) is 4.70. The Morgan fingerprint density at radius 2 is 1.84 bits per heavy atom. The van der Waals surface area contributed by atoms with Crippen molar-refractivity contribution in [3.05, 3.63) is 59.7 Å². The lowest BCUT2D eigenvalue weighted by Gasteiger charge is -2.11. The molecule has 0 unspecified atom stereocenters. The van der Waals surface area contributed by atoms with Gasteiger partial charge in [-0.15, -0.1) is 11.3 Å². The number of rotatable bonds is 7. The first kappa shape index (κ1) is 21.1. The molecule has 0 fully saturated rings. The summed E-state index contributed by atoms with van der Waals surface area (Å²) in [5.41, 5.74) is 2.90. The molecule has 0 bridgehead atoms. The van der Waals surface area contributed by atoms with Crippen LogP contribution in [0.5, 0.6) is 11.5 Å². The molecule has 0 saturated heterocycles. The Hall–Kier alpha value is -3.10. The first-order chi connectivity index (χ1) is 15.1. The molecular weight excluding hydrogens is 430 g/mol. The molecule has 0 aliphatic heterocycles. The highest BCUT2D eigenvalue weighted by Crippen LogP contribution is 2.41. The van der Waals surface area contributed by atoms with E-state index in [2.05, 4.69) is 34.3 Å². The zero-order valence-electron chi connectivity index (χ0n) is 17.3. The van der Waals surface area contributed by atoms with Gasteiger partial charge < -0.3 is 14.8 Å². The summed E-state index contributed by atoms with van der Waals surface area (Å²) >= 11 is 3.05. The van der Waals surface area contributed by atoms with Crippen molar-refractivity contribution in [3.8, 4) is 22.6 Å². The molecule has 8 heteroatoms. The van der Waals surface area contributed by atoms with Crippen molar-refractivity contribution in [3.63, 3.8) is 0 Å². The lowest BCUT2D eigenvalue weighted by Crippen LogP contribution is -2.14. The van der Waals surface area contributed by atoms with E-state index in [1.807, 2.05) is 18.2 Å². The van der Waals surface area contributed by atoms with Crippen molar-refractivity contribution in [1.82, 2.24) is 9.97 Å². The number of hydrogen-bond donors (Lipinski definition) is 1. The second-order valence-corrected chi connectivity index (χ2v) is 8.83. The van der Waals surface area contributed by atoms with Gasteiger partial charge in [0, 0.05) is 22.2 Å². The lowest BCUT2D eigenvalue weighted by molar-refractivity contribution is -0.113. The van der Waals surface area contributed by atoms with Crippen molar-refractivity contribution < 1.29 is 14.3 Å². The summed E-state index contributed by atoms with van der Waals surface area (Å²) in [5, 5.41) is 4.70. The Kier molecular flexibility index (Phi) is 6.39. The van der Waals surface area contributed by atoms with Gasteiger partial charge in [0.15, 0.2) is 11.5 Å². The molecule has 0 radical (unpaired) electrons. The minimum atomic E-state index is -0.128. The molecule has 0 aliphatic rings. The van der Waals surface area contributed by atoms with Gasteiger partial charge in [-0.3, -0.25) is 4.79 Å². The second kappa shape index (κ2) is 9.36. The second-order valence-electron chi connectivity index (χ2n) is 6.66. The van der Waals surface area contributed by atoms with E-state index >= 15 is 0 Å². The SMILES string of the molecule is COc1ccc(NC(=O)CSc2ncnc3sc(C)c(-c4ccccc4)c23)cc1OC. The fourth-order valence-electron chi connectivity index (χ4n) is 3.32. The maximum absolute atomic E-state index is 12.6. The van der Waals surface area contributed by atoms with E-state index < -0.39 is 0 Å². The van der Waals surface area contributed by atoms with Crippen LogP contribution in [0.2, 0.25) is 0 Å². The Balaban J connectivity index is 1.55. The summed E-state index contributed by atoms with van der Waals surface area (Å²) in [5.74, 6) is 1.27. The standard InChI is InChI=1S/C23H21N3O3S2/c1-14-20(15-7-5-4-6-8-15)21-22(24-13-25-23(21)31-14)30-12-19(27)26-16-9-10-17(28-2)18(11-16)29-3/h4-11,13H,12H2,1-3H3,(H,26,27). The van der Waals surface area contributed by atoms with Gasteiger partial charge in [-0.2, -0.15) is 0 Å². The van der Waals surface area contributed by atoms with E-state index in [0.717, 1.165) is 26.4 Å². The minimum absolute atomic E-state index is 0.128. The number of methoxy groups -OCH3 is 2. The fraction of sp³-hybridized carbons (Fsp3) is 0.174. The Morgan fingerprint density at radius 3 is 2.58 bits per heavy atom. The van der Waals surface area contributed by atoms with Crippen LogP contribution in [-0.2, 0) is 4.79 Å². The lowest BCUT2D eigenvalue weighted by atomic mass is 10.0. The van der Waals surface area contributed by atoms with E-state index in [4.69, 9.17) is 9.47 Å². The minimum Gasteiger partial charge on any atom is -0.493 e. The number of thiophene rings is 1. The van der Waals surface area contributed by atoms with Gasteiger partial charge in [0.05, 0.1) is 25.4 Å². The number of ether oxygens (including phenoxy) is 2.